The van der Waals surface area contributed by atoms with E-state index in [0.29, 0.717) is 12.8 Å². The summed E-state index contributed by atoms with van der Waals surface area (Å²) in [6.45, 7) is 5.10. The molecule has 0 saturated heterocycles. The lowest BCUT2D eigenvalue weighted by molar-refractivity contribution is -0.203. The molecule has 0 aromatic heterocycles. The summed E-state index contributed by atoms with van der Waals surface area (Å²) in [5.41, 5.74) is 6.90. The van der Waals surface area contributed by atoms with Crippen molar-refractivity contribution in [1.82, 2.24) is 0 Å². The van der Waals surface area contributed by atoms with Gasteiger partial charge in [0.1, 0.15) is 27.2 Å². The number of halogens is 2. The van der Waals surface area contributed by atoms with Crippen LogP contribution in [0, 0.1) is 0 Å². The molecule has 0 heterocycles. The molecule has 2 atom stereocenters. The minimum atomic E-state index is -0.585. The number of methoxy groups -OCH3 is 4. The highest BCUT2D eigenvalue weighted by atomic mass is 79.9. The van der Waals surface area contributed by atoms with Crippen molar-refractivity contribution >= 4 is 31.9 Å². The zero-order chi connectivity index (χ0) is 43.4. The van der Waals surface area contributed by atoms with E-state index in [-0.39, 0.29) is 27.2 Å². The maximum Gasteiger partial charge on any atom is 0.147 e. The molecule has 6 rings (SSSR count). The Morgan fingerprint density at radius 2 is 0.820 bits per heavy atom. The number of hydrogen-bond donors (Lipinski definition) is 0. The molecule has 10 heteroatoms. The maximum atomic E-state index is 6.55. The van der Waals surface area contributed by atoms with Crippen molar-refractivity contribution in [1.29, 1.82) is 0 Å². The zero-order valence-corrected chi connectivity index (χ0v) is 39.5. The molecule has 0 amide bonds. The lowest BCUT2D eigenvalue weighted by Gasteiger charge is -2.46. The molecule has 5 aromatic rings. The number of ether oxygens (including phenoxy) is 8. The highest BCUT2D eigenvalue weighted by Gasteiger charge is 2.46. The van der Waals surface area contributed by atoms with Gasteiger partial charge >= 0.3 is 0 Å². The third-order valence-corrected chi connectivity index (χ3v) is 13.6. The van der Waals surface area contributed by atoms with Crippen LogP contribution < -0.4 is 0 Å². The van der Waals surface area contributed by atoms with Gasteiger partial charge in [-0.2, -0.15) is 0 Å². The normalized spacial score (nSPS) is 19.9. The predicted molar refractivity (Wildman–Crippen MR) is 248 cm³/mol. The van der Waals surface area contributed by atoms with E-state index >= 15 is 0 Å². The molecule has 0 N–H and O–H groups in total. The topological polar surface area (TPSA) is 73.8 Å². The average molecular weight is 961 g/mol. The van der Waals surface area contributed by atoms with Crippen LogP contribution in [0.1, 0.15) is 81.0 Å². The molecular weight excluding hydrogens is 900 g/mol. The summed E-state index contributed by atoms with van der Waals surface area (Å²) in [5.74, 6) is 0. The first kappa shape index (κ1) is 47.2. The van der Waals surface area contributed by atoms with Crippen LogP contribution in [-0.2, 0) is 60.3 Å². The van der Waals surface area contributed by atoms with Crippen LogP contribution in [0.2, 0.25) is 0 Å². The van der Waals surface area contributed by atoms with Gasteiger partial charge in [-0.3, -0.25) is 0 Å². The highest BCUT2D eigenvalue weighted by Crippen LogP contribution is 2.50. The van der Waals surface area contributed by atoms with Gasteiger partial charge in [-0.25, -0.2) is 0 Å². The molecular formula is C51H60Br2O8. The van der Waals surface area contributed by atoms with Crippen LogP contribution >= 0.6 is 31.9 Å². The molecule has 0 aliphatic heterocycles. The van der Waals surface area contributed by atoms with Crippen LogP contribution in [-0.4, -0.2) is 55.6 Å². The Hall–Kier alpha value is -3.26. The van der Waals surface area contributed by atoms with Gasteiger partial charge in [-0.05, 0) is 121 Å². The predicted octanol–water partition coefficient (Wildman–Crippen LogP) is 13.0. The Labute approximate surface area is 379 Å². The van der Waals surface area contributed by atoms with Crippen LogP contribution in [0.3, 0.4) is 0 Å². The Bertz CT molecular complexity index is 2070. The molecule has 0 bridgehead atoms. The second-order valence-corrected chi connectivity index (χ2v) is 17.8. The van der Waals surface area contributed by atoms with E-state index in [1.54, 1.807) is 28.4 Å². The van der Waals surface area contributed by atoms with Gasteiger partial charge in [0.15, 0.2) is 0 Å². The Morgan fingerprint density at radius 3 is 1.25 bits per heavy atom. The molecule has 2 unspecified atom stereocenters. The summed E-state index contributed by atoms with van der Waals surface area (Å²) >= 11 is 7.14. The monoisotopic (exact) mass is 958 g/mol. The second-order valence-electron chi connectivity index (χ2n) is 16.0. The smallest absolute Gasteiger partial charge is 0.147 e. The van der Waals surface area contributed by atoms with Gasteiger partial charge in [0.25, 0.3) is 0 Å². The van der Waals surface area contributed by atoms with Gasteiger partial charge < -0.3 is 37.9 Å². The van der Waals surface area contributed by atoms with E-state index in [4.69, 9.17) is 37.9 Å². The number of rotatable bonds is 22. The Morgan fingerprint density at radius 1 is 0.459 bits per heavy atom. The van der Waals surface area contributed by atoms with Crippen LogP contribution in [0.4, 0.5) is 0 Å². The summed E-state index contributed by atoms with van der Waals surface area (Å²) in [5, 5.41) is 0. The fraction of sp³-hybridized carbons (Fsp3) is 0.412. The summed E-state index contributed by atoms with van der Waals surface area (Å²) in [6.07, 6.45) is 5.29. The second kappa shape index (κ2) is 21.9. The highest BCUT2D eigenvalue weighted by molar-refractivity contribution is 9.10. The standard InChI is InChI=1S/C51H60Br2O8/c1-7-49(59-35-55-4,29-28-48(2,58-34-54-3)42-20-24-46(52)25-21-42)43-16-12-40(13-17-43)38-8-10-39(11-9-38)41-14-18-44(19-15-41)50(60-36-56-5)30-32-51(33-31-50,61-37-57-6)45-22-26-47(53)27-23-45/h8-27H,7,28-37H2,1-6H3. The van der Waals surface area contributed by atoms with Gasteiger partial charge in [0.2, 0.25) is 0 Å². The van der Waals surface area contributed by atoms with Gasteiger partial charge in [-0.1, -0.05) is 136 Å². The Balaban J connectivity index is 1.17. The third kappa shape index (κ3) is 11.3. The lowest BCUT2D eigenvalue weighted by atomic mass is 9.70. The summed E-state index contributed by atoms with van der Waals surface area (Å²) in [4.78, 5) is 0. The summed E-state index contributed by atoms with van der Waals surface area (Å²) < 4.78 is 49.6. The average Bonchev–Trinajstić information content (AvgIpc) is 3.31. The van der Waals surface area contributed by atoms with Crippen molar-refractivity contribution in [3.05, 3.63) is 153 Å². The minimum absolute atomic E-state index is 0.185. The van der Waals surface area contributed by atoms with E-state index in [0.717, 1.165) is 85.6 Å². The molecule has 0 spiro atoms. The van der Waals surface area contributed by atoms with E-state index in [1.807, 2.05) is 12.1 Å². The van der Waals surface area contributed by atoms with Crippen LogP contribution in [0.15, 0.2) is 130 Å². The molecule has 8 nitrogen and oxygen atoms in total. The SMILES string of the molecule is CCC(CCC(C)(OCOC)c1ccc(Br)cc1)(OCOC)c1ccc(-c2ccc(-c3ccc(C4(OCOC)CCC(OCOC)(c5ccc(Br)cc5)CC4)cc3)cc2)cc1. The van der Waals surface area contributed by atoms with Gasteiger partial charge in [0.05, 0.1) is 22.4 Å². The van der Waals surface area contributed by atoms with E-state index in [9.17, 15) is 0 Å². The largest absolute Gasteiger partial charge is 0.359 e. The van der Waals surface area contributed by atoms with Crippen molar-refractivity contribution in [3.63, 3.8) is 0 Å². The fourth-order valence-corrected chi connectivity index (χ4v) is 9.19. The van der Waals surface area contributed by atoms with E-state index < -0.39 is 22.4 Å². The first-order valence-electron chi connectivity index (χ1n) is 20.9. The maximum absolute atomic E-state index is 6.55. The van der Waals surface area contributed by atoms with Crippen LogP contribution in [0.5, 0.6) is 0 Å². The quantitative estimate of drug-likeness (QED) is 0.0635. The van der Waals surface area contributed by atoms with Crippen molar-refractivity contribution in [2.24, 2.45) is 0 Å². The first-order valence-corrected chi connectivity index (χ1v) is 22.5. The van der Waals surface area contributed by atoms with Gasteiger partial charge in [-0.15, -0.1) is 0 Å². The molecule has 1 fully saturated rings. The van der Waals surface area contributed by atoms with Crippen molar-refractivity contribution in [2.45, 2.75) is 81.2 Å². The lowest BCUT2D eigenvalue weighted by Crippen LogP contribution is -2.43. The minimum Gasteiger partial charge on any atom is -0.359 e. The van der Waals surface area contributed by atoms with Crippen molar-refractivity contribution in [3.8, 4) is 22.3 Å². The van der Waals surface area contributed by atoms with E-state index in [1.165, 1.54) is 0 Å². The molecule has 61 heavy (non-hydrogen) atoms. The molecule has 1 saturated carbocycles. The molecule has 1 aliphatic carbocycles. The molecule has 0 radical (unpaired) electrons. The summed E-state index contributed by atoms with van der Waals surface area (Å²) in [7, 11) is 6.65. The Kier molecular flexibility index (Phi) is 16.9. The first-order chi connectivity index (χ1) is 29.6. The van der Waals surface area contributed by atoms with Crippen LogP contribution in [0.25, 0.3) is 22.3 Å². The summed E-state index contributed by atoms with van der Waals surface area (Å²) in [6, 6.07) is 43.0. The van der Waals surface area contributed by atoms with Gasteiger partial charge in [0, 0.05) is 37.4 Å². The fourth-order valence-electron chi connectivity index (χ4n) is 8.66. The number of hydrogen-bond acceptors (Lipinski definition) is 8. The number of benzene rings is 5. The zero-order valence-electron chi connectivity index (χ0n) is 36.3. The van der Waals surface area contributed by atoms with Crippen molar-refractivity contribution < 1.29 is 37.9 Å². The molecule has 5 aromatic carbocycles. The van der Waals surface area contributed by atoms with E-state index in [2.05, 4.69) is 155 Å². The molecule has 1 aliphatic rings. The third-order valence-electron chi connectivity index (χ3n) is 12.5. The molecule has 326 valence electrons. The van der Waals surface area contributed by atoms with Crippen molar-refractivity contribution in [2.75, 3.05) is 55.6 Å².